The molecule has 5 heteroatoms. The van der Waals surface area contributed by atoms with E-state index in [0.717, 1.165) is 11.9 Å². The first-order valence-electron chi connectivity index (χ1n) is 4.71. The third-order valence-corrected chi connectivity index (χ3v) is 3.42. The van der Waals surface area contributed by atoms with Gasteiger partial charge in [0.15, 0.2) is 11.8 Å². The molecule has 0 heterocycles. The minimum absolute atomic E-state index is 0.158. The minimum Gasteiger partial charge on any atom is -0.623 e. The molecule has 0 aliphatic heterocycles. The fourth-order valence-electron chi connectivity index (χ4n) is 1.00. The Kier molecular flexibility index (Phi) is 4.44. The van der Waals surface area contributed by atoms with Crippen molar-refractivity contribution in [3.05, 3.63) is 30.0 Å². The summed E-state index contributed by atoms with van der Waals surface area (Å²) in [6, 6.07) is 3.65. The van der Waals surface area contributed by atoms with E-state index in [9.17, 15) is 10.3 Å². The molecule has 16 heavy (non-hydrogen) atoms. The highest BCUT2D eigenvalue weighted by Gasteiger charge is 2.19. The number of rotatable bonds is 1. The summed E-state index contributed by atoms with van der Waals surface area (Å²) in [7, 11) is 0. The summed E-state index contributed by atoms with van der Waals surface area (Å²) in [5.41, 5.74) is 0.0559. The van der Waals surface area contributed by atoms with E-state index in [0.29, 0.717) is 5.56 Å². The molecule has 1 aromatic rings. The van der Waals surface area contributed by atoms with Gasteiger partial charge in [-0.3, -0.25) is 0 Å². The summed E-state index contributed by atoms with van der Waals surface area (Å²) in [6.45, 7) is 5.48. The van der Waals surface area contributed by atoms with E-state index in [4.69, 9.17) is 0 Å². The lowest BCUT2D eigenvalue weighted by Crippen LogP contribution is -2.29. The van der Waals surface area contributed by atoms with Gasteiger partial charge in [-0.15, -0.1) is 0 Å². The van der Waals surface area contributed by atoms with Crippen molar-refractivity contribution in [1.82, 2.24) is 0 Å². The second-order valence-electron chi connectivity index (χ2n) is 4.45. The van der Waals surface area contributed by atoms with Crippen LogP contribution in [0.2, 0.25) is 0 Å². The molecule has 0 aromatic heterocycles. The second-order valence-corrected chi connectivity index (χ2v) is 6.86. The zero-order valence-corrected chi connectivity index (χ0v) is 13.6. The molecular formula is C11H13I2NO2. The van der Waals surface area contributed by atoms with Crippen LogP contribution in [0.3, 0.4) is 0 Å². The van der Waals surface area contributed by atoms with E-state index in [1.807, 2.05) is 49.4 Å². The topological polar surface area (TPSA) is 46.3 Å². The lowest BCUT2D eigenvalue weighted by Gasteiger charge is -2.18. The molecule has 0 aliphatic carbocycles. The van der Waals surface area contributed by atoms with Crippen LogP contribution in [-0.4, -0.2) is 21.6 Å². The van der Waals surface area contributed by atoms with Gasteiger partial charge in [0, 0.05) is 24.3 Å². The number of phenols is 1. The average molecular weight is 445 g/mol. The third kappa shape index (κ3) is 3.47. The summed E-state index contributed by atoms with van der Waals surface area (Å²) in [5, 5.41) is 21.6. The number of hydrogen-bond acceptors (Lipinski definition) is 2. The van der Waals surface area contributed by atoms with Crippen LogP contribution in [0.25, 0.3) is 0 Å². The number of hydrogen-bond donors (Lipinski definition) is 1. The molecular weight excluding hydrogens is 432 g/mol. The molecule has 88 valence electrons. The Morgan fingerprint density at radius 2 is 1.88 bits per heavy atom. The van der Waals surface area contributed by atoms with Crippen molar-refractivity contribution < 1.29 is 9.85 Å². The van der Waals surface area contributed by atoms with Gasteiger partial charge in [0.25, 0.3) is 0 Å². The van der Waals surface area contributed by atoms with Gasteiger partial charge in [-0.1, -0.05) is 0 Å². The van der Waals surface area contributed by atoms with Gasteiger partial charge in [0.05, 0.1) is 9.13 Å². The van der Waals surface area contributed by atoms with Crippen molar-refractivity contribution in [2.24, 2.45) is 0 Å². The Hall–Kier alpha value is -0.0500. The quantitative estimate of drug-likeness (QED) is 0.237. The molecule has 0 atom stereocenters. The predicted molar refractivity (Wildman–Crippen MR) is 82.1 cm³/mol. The molecule has 0 unspecified atom stereocenters. The van der Waals surface area contributed by atoms with E-state index in [2.05, 4.69) is 22.6 Å². The highest BCUT2D eigenvalue weighted by Crippen LogP contribution is 2.26. The van der Waals surface area contributed by atoms with Crippen LogP contribution >= 0.6 is 45.2 Å². The first-order chi connectivity index (χ1) is 7.21. The first-order valence-corrected chi connectivity index (χ1v) is 6.87. The lowest BCUT2D eigenvalue weighted by atomic mass is 10.1. The Balaban J connectivity index is 3.25. The van der Waals surface area contributed by atoms with Crippen molar-refractivity contribution in [2.45, 2.75) is 26.3 Å². The van der Waals surface area contributed by atoms with Gasteiger partial charge in [0.2, 0.25) is 0 Å². The number of halogens is 2. The van der Waals surface area contributed by atoms with E-state index in [-0.39, 0.29) is 5.75 Å². The van der Waals surface area contributed by atoms with Crippen LogP contribution in [0.15, 0.2) is 12.1 Å². The lowest BCUT2D eigenvalue weighted by molar-refractivity contribution is -0.530. The SMILES string of the molecule is CC(C)(C)[N+]([O-])=Cc1cc(I)cc(I)c1O. The smallest absolute Gasteiger partial charge is 0.186 e. The molecule has 1 N–H and O–H groups in total. The van der Waals surface area contributed by atoms with Crippen LogP contribution in [0.5, 0.6) is 5.75 Å². The highest BCUT2D eigenvalue weighted by atomic mass is 127. The molecule has 1 aromatic carbocycles. The van der Waals surface area contributed by atoms with Gasteiger partial charge >= 0.3 is 0 Å². The molecule has 0 amide bonds. The molecule has 0 saturated heterocycles. The van der Waals surface area contributed by atoms with Crippen LogP contribution in [0, 0.1) is 12.3 Å². The number of hydroxylamine groups is 1. The van der Waals surface area contributed by atoms with E-state index < -0.39 is 5.54 Å². The molecule has 0 bridgehead atoms. The molecule has 1 rings (SSSR count). The number of phenolic OH excluding ortho intramolecular Hbond substituents is 1. The number of aromatic hydroxyl groups is 1. The average Bonchev–Trinajstić information content (AvgIpc) is 2.11. The standard InChI is InChI=1S/C11H13I2NO2/c1-11(2,3)14(16)6-7-4-8(12)5-9(13)10(7)15/h4-6,15H,1-3H3. The van der Waals surface area contributed by atoms with Gasteiger partial charge in [-0.05, 0) is 57.3 Å². The molecule has 0 saturated carbocycles. The van der Waals surface area contributed by atoms with E-state index >= 15 is 0 Å². The Morgan fingerprint density at radius 3 is 2.38 bits per heavy atom. The normalized spacial score (nSPS) is 12.9. The highest BCUT2D eigenvalue weighted by molar-refractivity contribution is 14.1. The summed E-state index contributed by atoms with van der Waals surface area (Å²) in [4.78, 5) is 0. The van der Waals surface area contributed by atoms with Crippen molar-refractivity contribution in [3.8, 4) is 5.75 Å². The number of nitrogens with zero attached hydrogens (tertiary/aromatic N) is 1. The number of benzene rings is 1. The first kappa shape index (κ1) is 14.0. The van der Waals surface area contributed by atoms with Gasteiger partial charge < -0.3 is 10.3 Å². The maximum atomic E-state index is 11.8. The summed E-state index contributed by atoms with van der Waals surface area (Å²) in [6.07, 6.45) is 1.43. The molecule has 3 nitrogen and oxygen atoms in total. The third-order valence-electron chi connectivity index (χ3n) is 1.98. The summed E-state index contributed by atoms with van der Waals surface area (Å²) in [5.74, 6) is 0.158. The maximum absolute atomic E-state index is 11.8. The largest absolute Gasteiger partial charge is 0.623 e. The molecule has 0 aliphatic rings. The fourth-order valence-corrected chi connectivity index (χ4v) is 2.89. The van der Waals surface area contributed by atoms with Crippen molar-refractivity contribution in [2.75, 3.05) is 0 Å². The Morgan fingerprint density at radius 1 is 1.31 bits per heavy atom. The van der Waals surface area contributed by atoms with Crippen molar-refractivity contribution in [1.29, 1.82) is 0 Å². The Labute approximate surface area is 122 Å². The van der Waals surface area contributed by atoms with Crippen LogP contribution in [-0.2, 0) is 0 Å². The monoisotopic (exact) mass is 445 g/mol. The van der Waals surface area contributed by atoms with Gasteiger partial charge in [-0.25, -0.2) is 4.74 Å². The Bertz CT molecular complexity index is 436. The zero-order chi connectivity index (χ0) is 12.5. The maximum Gasteiger partial charge on any atom is 0.186 e. The van der Waals surface area contributed by atoms with E-state index in [1.165, 1.54) is 6.21 Å². The summed E-state index contributed by atoms with van der Waals surface area (Å²) >= 11 is 4.21. The zero-order valence-electron chi connectivity index (χ0n) is 9.29. The van der Waals surface area contributed by atoms with Crippen LogP contribution in [0.1, 0.15) is 26.3 Å². The van der Waals surface area contributed by atoms with Crippen molar-refractivity contribution in [3.63, 3.8) is 0 Å². The van der Waals surface area contributed by atoms with Gasteiger partial charge in [0.1, 0.15) is 5.75 Å². The predicted octanol–water partition coefficient (Wildman–Crippen LogP) is 3.33. The molecule has 0 fully saturated rings. The van der Waals surface area contributed by atoms with Crippen molar-refractivity contribution >= 4 is 51.4 Å². The molecule has 0 spiro atoms. The minimum atomic E-state index is -0.501. The van der Waals surface area contributed by atoms with Crippen LogP contribution in [0.4, 0.5) is 0 Å². The van der Waals surface area contributed by atoms with E-state index in [1.54, 1.807) is 6.07 Å². The van der Waals surface area contributed by atoms with Crippen LogP contribution < -0.4 is 0 Å². The second kappa shape index (κ2) is 5.07. The van der Waals surface area contributed by atoms with Gasteiger partial charge in [-0.2, -0.15) is 0 Å². The molecule has 0 radical (unpaired) electrons. The summed E-state index contributed by atoms with van der Waals surface area (Å²) < 4.78 is 2.60. The fraction of sp³-hybridized carbons (Fsp3) is 0.364.